The molecule has 2 nitrogen and oxygen atoms in total. The second kappa shape index (κ2) is 5.34. The van der Waals surface area contributed by atoms with Crippen LogP contribution < -0.4 is 40.0 Å². The normalized spacial score (nSPS) is 5.50. The molecule has 0 aromatic carbocycles. The van der Waals surface area contributed by atoms with Gasteiger partial charge in [0.2, 0.25) is 0 Å². The molecular formula is C3H6NNaO. The van der Waals surface area contributed by atoms with E-state index >= 15 is 0 Å². The maximum absolute atomic E-state index is 9.59. The van der Waals surface area contributed by atoms with Gasteiger partial charge < -0.3 is 10.4 Å². The molecule has 0 aromatic rings. The zero-order valence-electron chi connectivity index (χ0n) is 4.12. The van der Waals surface area contributed by atoms with Gasteiger partial charge in [-0.2, -0.15) is 0 Å². The monoisotopic (exact) mass is 95.0 g/mol. The van der Waals surface area contributed by atoms with Crippen LogP contribution in [0.5, 0.6) is 0 Å². The van der Waals surface area contributed by atoms with E-state index in [1.165, 1.54) is 7.05 Å². The maximum Gasteiger partial charge on any atom is 1.00 e. The van der Waals surface area contributed by atoms with E-state index in [9.17, 15) is 5.11 Å². The van der Waals surface area contributed by atoms with Crippen molar-refractivity contribution in [2.45, 2.75) is 0 Å². The molecule has 0 bridgehead atoms. The van der Waals surface area contributed by atoms with E-state index in [0.717, 1.165) is 0 Å². The molecule has 0 aliphatic carbocycles. The van der Waals surface area contributed by atoms with Crippen molar-refractivity contribution in [1.29, 1.82) is 0 Å². The first-order valence-corrected chi connectivity index (χ1v) is 1.31. The summed E-state index contributed by atoms with van der Waals surface area (Å²) in [5, 5.41) is 11.9. The Labute approximate surface area is 59.5 Å². The van der Waals surface area contributed by atoms with Gasteiger partial charge in [0.05, 0.1) is 0 Å². The van der Waals surface area contributed by atoms with Gasteiger partial charge in [-0.25, -0.2) is 0 Å². The summed E-state index contributed by atoms with van der Waals surface area (Å²) in [5.74, 6) is -0.245. The first-order valence-electron chi connectivity index (χ1n) is 1.31. The molecule has 0 aliphatic heterocycles. The third-order valence-electron chi connectivity index (χ3n) is 0.279. The summed E-state index contributed by atoms with van der Waals surface area (Å²) in [7, 11) is 1.54. The van der Waals surface area contributed by atoms with Gasteiger partial charge >= 0.3 is 29.6 Å². The van der Waals surface area contributed by atoms with Crippen molar-refractivity contribution in [2.24, 2.45) is 0 Å². The van der Waals surface area contributed by atoms with Gasteiger partial charge in [-0.3, -0.25) is 0 Å². The van der Waals surface area contributed by atoms with Crippen LogP contribution in [0, 0.1) is 0 Å². The summed E-state index contributed by atoms with van der Waals surface area (Å²) in [6, 6.07) is 0. The molecule has 0 spiro atoms. The van der Waals surface area contributed by atoms with Gasteiger partial charge in [0, 0.05) is 7.05 Å². The Bertz CT molecular complexity index is 46.1. The first kappa shape index (κ1) is 9.60. The fourth-order valence-electron chi connectivity index (χ4n) is 0. The second-order valence-electron chi connectivity index (χ2n) is 0.673. The van der Waals surface area contributed by atoms with E-state index in [1.54, 1.807) is 0 Å². The van der Waals surface area contributed by atoms with Crippen molar-refractivity contribution in [3.63, 3.8) is 0 Å². The topological polar surface area (TPSA) is 35.1 Å². The molecule has 0 heterocycles. The van der Waals surface area contributed by atoms with E-state index in [-0.39, 0.29) is 35.4 Å². The Morgan fingerprint density at radius 3 is 2.00 bits per heavy atom. The van der Waals surface area contributed by atoms with Crippen molar-refractivity contribution in [3.05, 3.63) is 12.5 Å². The van der Waals surface area contributed by atoms with Crippen molar-refractivity contribution in [3.8, 4) is 0 Å². The standard InChI is InChI=1S/C3H7NO.Na/c1-3(5)4-2;/h4-5H,1H2,2H3;/q;+1/p-1. The molecule has 0 amide bonds. The molecule has 0 fully saturated rings. The van der Waals surface area contributed by atoms with E-state index in [0.29, 0.717) is 0 Å². The summed E-state index contributed by atoms with van der Waals surface area (Å²) in [6.45, 7) is 3.01. The third kappa shape index (κ3) is 8.84. The summed E-state index contributed by atoms with van der Waals surface area (Å²) < 4.78 is 0. The fraction of sp³-hybridized carbons (Fsp3) is 0.333. The predicted molar refractivity (Wildman–Crippen MR) is 18.2 cm³/mol. The van der Waals surface area contributed by atoms with E-state index in [4.69, 9.17) is 0 Å². The first-order chi connectivity index (χ1) is 2.27. The van der Waals surface area contributed by atoms with Crippen molar-refractivity contribution < 1.29 is 34.7 Å². The quantitative estimate of drug-likeness (QED) is 0.266. The van der Waals surface area contributed by atoms with Crippen LogP contribution in [0.4, 0.5) is 0 Å². The molecule has 0 atom stereocenters. The van der Waals surface area contributed by atoms with Crippen LogP contribution in [0.1, 0.15) is 0 Å². The summed E-state index contributed by atoms with van der Waals surface area (Å²) >= 11 is 0. The Hall–Kier alpha value is 0.340. The molecule has 3 heteroatoms. The number of hydrogen-bond acceptors (Lipinski definition) is 2. The molecule has 1 N–H and O–H groups in total. The van der Waals surface area contributed by atoms with E-state index < -0.39 is 0 Å². The van der Waals surface area contributed by atoms with Crippen LogP contribution in [-0.4, -0.2) is 7.05 Å². The summed E-state index contributed by atoms with van der Waals surface area (Å²) in [6.07, 6.45) is 0. The smallest absolute Gasteiger partial charge is 0.861 e. The molecule has 6 heavy (non-hydrogen) atoms. The Morgan fingerprint density at radius 1 is 1.83 bits per heavy atom. The maximum atomic E-state index is 9.59. The average molecular weight is 95.1 g/mol. The zero-order chi connectivity index (χ0) is 4.28. The van der Waals surface area contributed by atoms with Crippen molar-refractivity contribution in [1.82, 2.24) is 5.32 Å². The fourth-order valence-corrected chi connectivity index (χ4v) is 0. The molecule has 30 valence electrons. The van der Waals surface area contributed by atoms with Gasteiger partial charge in [-0.15, -0.1) is 0 Å². The van der Waals surface area contributed by atoms with Crippen LogP contribution in [0.15, 0.2) is 12.5 Å². The Morgan fingerprint density at radius 2 is 2.00 bits per heavy atom. The van der Waals surface area contributed by atoms with Gasteiger partial charge in [-0.1, -0.05) is 12.5 Å². The second-order valence-corrected chi connectivity index (χ2v) is 0.673. The molecule has 0 saturated heterocycles. The predicted octanol–water partition coefficient (Wildman–Crippen LogP) is -3.96. The Kier molecular flexibility index (Phi) is 8.54. The van der Waals surface area contributed by atoms with Gasteiger partial charge in [-0.05, 0) is 0 Å². The minimum absolute atomic E-state index is 0. The minimum Gasteiger partial charge on any atom is -0.861 e. The van der Waals surface area contributed by atoms with Crippen LogP contribution in [0.3, 0.4) is 0 Å². The van der Waals surface area contributed by atoms with E-state index in [1.807, 2.05) is 0 Å². The van der Waals surface area contributed by atoms with Crippen LogP contribution in [0.2, 0.25) is 0 Å². The van der Waals surface area contributed by atoms with Crippen LogP contribution >= 0.6 is 0 Å². The largest absolute Gasteiger partial charge is 1.00 e. The average Bonchev–Trinajstić information content (AvgIpc) is 1.38. The van der Waals surface area contributed by atoms with Crippen LogP contribution in [0.25, 0.3) is 0 Å². The molecule has 0 unspecified atom stereocenters. The van der Waals surface area contributed by atoms with Crippen LogP contribution in [-0.2, 0) is 0 Å². The van der Waals surface area contributed by atoms with Gasteiger partial charge in [0.25, 0.3) is 0 Å². The SMILES string of the molecule is C=C([O-])NC.[Na+]. The molecule has 0 saturated carbocycles. The summed E-state index contributed by atoms with van der Waals surface area (Å²) in [5.41, 5.74) is 0. The number of nitrogens with one attached hydrogen (secondary N) is 1. The van der Waals surface area contributed by atoms with E-state index in [2.05, 4.69) is 11.9 Å². The zero-order valence-corrected chi connectivity index (χ0v) is 6.12. The molecule has 0 radical (unpaired) electrons. The van der Waals surface area contributed by atoms with Gasteiger partial charge in [0.1, 0.15) is 0 Å². The Balaban J connectivity index is 0. The molecular weight excluding hydrogens is 89.0 g/mol. The molecule has 0 aliphatic rings. The molecule has 0 aromatic heterocycles. The third-order valence-corrected chi connectivity index (χ3v) is 0.279. The minimum atomic E-state index is -0.245. The number of hydrogen-bond donors (Lipinski definition) is 1. The van der Waals surface area contributed by atoms with Crippen molar-refractivity contribution >= 4 is 0 Å². The van der Waals surface area contributed by atoms with Crippen molar-refractivity contribution in [2.75, 3.05) is 7.05 Å². The summed E-state index contributed by atoms with van der Waals surface area (Å²) in [4.78, 5) is 0. The van der Waals surface area contributed by atoms with Gasteiger partial charge in [0.15, 0.2) is 0 Å². The molecule has 0 rings (SSSR count). The number of rotatable bonds is 1.